The van der Waals surface area contributed by atoms with Gasteiger partial charge >= 0.3 is 5.97 Å². The Morgan fingerprint density at radius 3 is 2.42 bits per heavy atom. The lowest BCUT2D eigenvalue weighted by molar-refractivity contribution is -0.147. The molecule has 26 heavy (non-hydrogen) atoms. The van der Waals surface area contributed by atoms with Crippen LogP contribution >= 0.6 is 11.6 Å². The molecule has 1 saturated heterocycles. The normalized spacial score (nSPS) is 16.6. The molecule has 1 amide bonds. The molecule has 0 N–H and O–H groups in total. The molecule has 0 saturated carbocycles. The van der Waals surface area contributed by atoms with Gasteiger partial charge in [0.25, 0.3) is 0 Å². The second kappa shape index (κ2) is 7.70. The van der Waals surface area contributed by atoms with E-state index in [2.05, 4.69) is 0 Å². The molecule has 134 valence electrons. The molecule has 0 bridgehead atoms. The molecule has 1 aliphatic rings. The maximum absolute atomic E-state index is 12.2. The first-order valence-electron chi connectivity index (χ1n) is 8.26. The highest BCUT2D eigenvalue weighted by Crippen LogP contribution is 2.27. The number of benzene rings is 2. The Kier molecular flexibility index (Phi) is 5.38. The molecular formula is C20H18ClNO4. The summed E-state index contributed by atoms with van der Waals surface area (Å²) in [4.78, 5) is 38.0. The number of anilines is 1. The molecule has 3 rings (SSSR count). The summed E-state index contributed by atoms with van der Waals surface area (Å²) >= 11 is 5.85. The predicted molar refractivity (Wildman–Crippen MR) is 98.4 cm³/mol. The lowest BCUT2D eigenvalue weighted by Crippen LogP contribution is -2.27. The van der Waals surface area contributed by atoms with Crippen molar-refractivity contribution < 1.29 is 19.1 Å². The topological polar surface area (TPSA) is 63.7 Å². The number of esters is 1. The predicted octanol–water partition coefficient (Wildman–Crippen LogP) is 3.43. The summed E-state index contributed by atoms with van der Waals surface area (Å²) in [6.45, 7) is 1.84. The standard InChI is InChI=1S/C20H18ClNO4/c1-13-2-4-14(5-3-13)18(23)12-26-20(25)15-10-19(24)22(11-15)17-8-6-16(21)7-9-17/h2-9,15H,10-12H2,1H3/t15-/m0/s1. The van der Waals surface area contributed by atoms with Crippen LogP contribution in [0.1, 0.15) is 22.3 Å². The van der Waals surface area contributed by atoms with Crippen molar-refractivity contribution in [3.05, 3.63) is 64.7 Å². The summed E-state index contributed by atoms with van der Waals surface area (Å²) in [5, 5.41) is 0.575. The summed E-state index contributed by atoms with van der Waals surface area (Å²) in [5.41, 5.74) is 2.23. The summed E-state index contributed by atoms with van der Waals surface area (Å²) < 4.78 is 5.14. The van der Waals surface area contributed by atoms with Crippen molar-refractivity contribution in [3.8, 4) is 0 Å². The molecule has 2 aromatic carbocycles. The van der Waals surface area contributed by atoms with Crippen LogP contribution in [0, 0.1) is 12.8 Å². The number of aryl methyl sites for hydroxylation is 1. The lowest BCUT2D eigenvalue weighted by atomic mass is 10.1. The largest absolute Gasteiger partial charge is 0.457 e. The van der Waals surface area contributed by atoms with Gasteiger partial charge in [0.05, 0.1) is 5.92 Å². The van der Waals surface area contributed by atoms with Gasteiger partial charge in [0.1, 0.15) is 0 Å². The smallest absolute Gasteiger partial charge is 0.311 e. The lowest BCUT2D eigenvalue weighted by Gasteiger charge is -2.16. The van der Waals surface area contributed by atoms with Crippen molar-refractivity contribution in [1.82, 2.24) is 0 Å². The second-order valence-electron chi connectivity index (χ2n) is 6.28. The number of nitrogens with zero attached hydrogens (tertiary/aromatic N) is 1. The zero-order valence-electron chi connectivity index (χ0n) is 14.3. The van der Waals surface area contributed by atoms with Crippen LogP contribution in [-0.2, 0) is 14.3 Å². The van der Waals surface area contributed by atoms with E-state index in [0.717, 1.165) is 5.56 Å². The molecule has 1 fully saturated rings. The quantitative estimate of drug-likeness (QED) is 0.596. The molecule has 2 aromatic rings. The van der Waals surface area contributed by atoms with Crippen LogP contribution in [0.25, 0.3) is 0 Å². The maximum atomic E-state index is 12.2. The van der Waals surface area contributed by atoms with E-state index < -0.39 is 11.9 Å². The van der Waals surface area contributed by atoms with Crippen molar-refractivity contribution >= 4 is 34.9 Å². The Bertz CT molecular complexity index is 830. The van der Waals surface area contributed by atoms with Crippen LogP contribution in [0.15, 0.2) is 48.5 Å². The van der Waals surface area contributed by atoms with E-state index in [9.17, 15) is 14.4 Å². The highest BCUT2D eigenvalue weighted by atomic mass is 35.5. The molecule has 1 heterocycles. The summed E-state index contributed by atoms with van der Waals surface area (Å²) in [6.07, 6.45) is 0.0696. The van der Waals surface area contributed by atoms with Crippen LogP contribution in [-0.4, -0.2) is 30.8 Å². The van der Waals surface area contributed by atoms with Crippen molar-refractivity contribution in [2.45, 2.75) is 13.3 Å². The fourth-order valence-corrected chi connectivity index (χ4v) is 2.94. The zero-order valence-corrected chi connectivity index (χ0v) is 15.0. The number of carbonyl (C=O) groups excluding carboxylic acids is 3. The maximum Gasteiger partial charge on any atom is 0.311 e. The molecule has 1 aliphatic heterocycles. The third-order valence-corrected chi connectivity index (χ3v) is 4.57. The Labute approximate surface area is 156 Å². The van der Waals surface area contributed by atoms with Gasteiger partial charge in [-0.1, -0.05) is 41.4 Å². The molecule has 6 heteroatoms. The van der Waals surface area contributed by atoms with Gasteiger partial charge in [-0.15, -0.1) is 0 Å². The van der Waals surface area contributed by atoms with Crippen molar-refractivity contribution in [1.29, 1.82) is 0 Å². The number of ether oxygens (including phenoxy) is 1. The number of hydrogen-bond acceptors (Lipinski definition) is 4. The fraction of sp³-hybridized carbons (Fsp3) is 0.250. The Morgan fingerprint density at radius 2 is 1.77 bits per heavy atom. The van der Waals surface area contributed by atoms with E-state index in [1.165, 1.54) is 4.90 Å². The van der Waals surface area contributed by atoms with Crippen LogP contribution in [0.3, 0.4) is 0 Å². The van der Waals surface area contributed by atoms with E-state index in [0.29, 0.717) is 16.3 Å². The van der Waals surface area contributed by atoms with Gasteiger partial charge in [-0.05, 0) is 31.2 Å². The minimum absolute atomic E-state index is 0.0696. The van der Waals surface area contributed by atoms with Gasteiger partial charge in [-0.2, -0.15) is 0 Å². The number of halogens is 1. The first-order chi connectivity index (χ1) is 12.4. The van der Waals surface area contributed by atoms with E-state index in [-0.39, 0.29) is 31.3 Å². The van der Waals surface area contributed by atoms with Crippen LogP contribution < -0.4 is 4.90 Å². The number of Topliss-reactive ketones (excluding diaryl/α,β-unsaturated/α-hetero) is 1. The summed E-state index contributed by atoms with van der Waals surface area (Å²) in [5.74, 6) is -1.53. The Morgan fingerprint density at radius 1 is 1.12 bits per heavy atom. The van der Waals surface area contributed by atoms with Gasteiger partial charge in [0.2, 0.25) is 5.91 Å². The minimum atomic E-state index is -0.580. The number of hydrogen-bond donors (Lipinski definition) is 0. The highest BCUT2D eigenvalue weighted by molar-refractivity contribution is 6.30. The molecule has 5 nitrogen and oxygen atoms in total. The number of rotatable bonds is 5. The van der Waals surface area contributed by atoms with Crippen LogP contribution in [0.2, 0.25) is 5.02 Å². The third-order valence-electron chi connectivity index (χ3n) is 4.32. The Balaban J connectivity index is 1.57. The summed E-state index contributed by atoms with van der Waals surface area (Å²) in [6, 6.07) is 13.9. The molecule has 0 unspecified atom stereocenters. The average Bonchev–Trinajstić information content (AvgIpc) is 3.02. The highest BCUT2D eigenvalue weighted by Gasteiger charge is 2.36. The van der Waals surface area contributed by atoms with Gasteiger partial charge < -0.3 is 9.64 Å². The second-order valence-corrected chi connectivity index (χ2v) is 6.72. The number of carbonyl (C=O) groups is 3. The van der Waals surface area contributed by atoms with E-state index in [4.69, 9.17) is 16.3 Å². The number of amides is 1. The SMILES string of the molecule is Cc1ccc(C(=O)COC(=O)[C@H]2CC(=O)N(c3ccc(Cl)cc3)C2)cc1. The molecule has 1 atom stereocenters. The van der Waals surface area contributed by atoms with Crippen LogP contribution in [0.4, 0.5) is 5.69 Å². The third kappa shape index (κ3) is 4.11. The van der Waals surface area contributed by atoms with Gasteiger partial charge in [-0.25, -0.2) is 0 Å². The van der Waals surface area contributed by atoms with Crippen LogP contribution in [0.5, 0.6) is 0 Å². The molecule has 0 radical (unpaired) electrons. The van der Waals surface area contributed by atoms with Gasteiger partial charge in [0, 0.05) is 29.2 Å². The molecule has 0 aromatic heterocycles. The summed E-state index contributed by atoms with van der Waals surface area (Å²) in [7, 11) is 0. The zero-order chi connectivity index (χ0) is 18.7. The van der Waals surface area contributed by atoms with E-state index in [1.54, 1.807) is 36.4 Å². The van der Waals surface area contributed by atoms with E-state index >= 15 is 0 Å². The Hall–Kier alpha value is -2.66. The van der Waals surface area contributed by atoms with Gasteiger partial charge in [-0.3, -0.25) is 14.4 Å². The minimum Gasteiger partial charge on any atom is -0.457 e. The average molecular weight is 372 g/mol. The van der Waals surface area contributed by atoms with Crippen molar-refractivity contribution in [2.24, 2.45) is 5.92 Å². The number of ketones is 1. The first kappa shape index (κ1) is 18.1. The first-order valence-corrected chi connectivity index (χ1v) is 8.64. The fourth-order valence-electron chi connectivity index (χ4n) is 2.81. The van der Waals surface area contributed by atoms with E-state index in [1.807, 2.05) is 19.1 Å². The molecule has 0 aliphatic carbocycles. The monoisotopic (exact) mass is 371 g/mol. The van der Waals surface area contributed by atoms with Crippen molar-refractivity contribution in [2.75, 3.05) is 18.1 Å². The molecule has 0 spiro atoms. The van der Waals surface area contributed by atoms with Gasteiger partial charge in [0.15, 0.2) is 12.4 Å². The molecular weight excluding hydrogens is 354 g/mol. The van der Waals surface area contributed by atoms with Crippen molar-refractivity contribution in [3.63, 3.8) is 0 Å².